The second-order valence-corrected chi connectivity index (χ2v) is 7.22. The van der Waals surface area contributed by atoms with Gasteiger partial charge in [0.25, 0.3) is 0 Å². The van der Waals surface area contributed by atoms with Gasteiger partial charge in [-0.3, -0.25) is 9.59 Å². The summed E-state index contributed by atoms with van der Waals surface area (Å²) in [5, 5.41) is 0.0248. The molecular formula is C22H19F4NO2. The number of pyridine rings is 1. The maximum Gasteiger partial charge on any atom is 0.416 e. The number of fused-ring (bicyclic) bond motifs is 1. The number of carbonyl (C=O) groups is 1. The first-order valence-corrected chi connectivity index (χ1v) is 9.04. The molecule has 1 heterocycles. The number of Topliss-reactive ketones (excluding diaryl/α,β-unsaturated/α-hetero) is 1. The molecule has 3 nitrogen and oxygen atoms in total. The van der Waals surface area contributed by atoms with Crippen LogP contribution >= 0.6 is 0 Å². The normalized spacial score (nSPS) is 12.0. The highest BCUT2D eigenvalue weighted by molar-refractivity contribution is 5.97. The molecule has 0 unspecified atom stereocenters. The molecule has 0 aliphatic rings. The number of carbonyl (C=O) groups excluding carboxylic acids is 1. The Morgan fingerprint density at radius 1 is 1.10 bits per heavy atom. The molecule has 0 bridgehead atoms. The summed E-state index contributed by atoms with van der Waals surface area (Å²) in [6.07, 6.45) is -3.42. The molecule has 2 aromatic carbocycles. The Morgan fingerprint density at radius 3 is 2.34 bits per heavy atom. The quantitative estimate of drug-likeness (QED) is 0.423. The van der Waals surface area contributed by atoms with Crippen LogP contribution in [0.3, 0.4) is 0 Å². The molecule has 7 heteroatoms. The van der Waals surface area contributed by atoms with E-state index < -0.39 is 28.8 Å². The largest absolute Gasteiger partial charge is 0.416 e. The molecule has 3 aromatic rings. The van der Waals surface area contributed by atoms with E-state index in [1.165, 1.54) is 37.4 Å². The van der Waals surface area contributed by atoms with Crippen molar-refractivity contribution in [2.75, 3.05) is 0 Å². The summed E-state index contributed by atoms with van der Waals surface area (Å²) in [6, 6.07) is 7.25. The lowest BCUT2D eigenvalue weighted by Gasteiger charge is -2.18. The van der Waals surface area contributed by atoms with Gasteiger partial charge in [-0.25, -0.2) is 4.39 Å². The highest BCUT2D eigenvalue weighted by Gasteiger charge is 2.33. The zero-order valence-corrected chi connectivity index (χ0v) is 16.1. The molecule has 0 radical (unpaired) electrons. The molecular weight excluding hydrogens is 386 g/mol. The molecule has 0 aliphatic carbocycles. The fourth-order valence-corrected chi connectivity index (χ4v) is 3.38. The molecule has 3 rings (SSSR count). The van der Waals surface area contributed by atoms with Crippen molar-refractivity contribution in [2.24, 2.45) is 0 Å². The Kier molecular flexibility index (Phi) is 5.34. The zero-order valence-electron chi connectivity index (χ0n) is 16.1. The third-order valence-corrected chi connectivity index (χ3v) is 4.84. The van der Waals surface area contributed by atoms with E-state index in [0.29, 0.717) is 5.52 Å². The summed E-state index contributed by atoms with van der Waals surface area (Å²) in [5.41, 5.74) is -1.12. The lowest BCUT2D eigenvalue weighted by atomic mass is 9.97. The van der Waals surface area contributed by atoms with Crippen molar-refractivity contribution in [3.8, 4) is 0 Å². The van der Waals surface area contributed by atoms with Gasteiger partial charge in [-0.05, 0) is 50.1 Å². The number of halogens is 4. The highest BCUT2D eigenvalue weighted by Crippen LogP contribution is 2.33. The van der Waals surface area contributed by atoms with Crippen LogP contribution in [0.1, 0.15) is 53.9 Å². The molecule has 0 spiro atoms. The van der Waals surface area contributed by atoms with E-state index in [-0.39, 0.29) is 34.5 Å². The maximum absolute atomic E-state index is 14.8. The van der Waals surface area contributed by atoms with Crippen LogP contribution in [0.15, 0.2) is 47.4 Å². The predicted molar refractivity (Wildman–Crippen MR) is 103 cm³/mol. The molecule has 1 aromatic heterocycles. The van der Waals surface area contributed by atoms with Crippen LogP contribution in [0, 0.1) is 5.82 Å². The maximum atomic E-state index is 14.8. The van der Waals surface area contributed by atoms with Crippen molar-refractivity contribution in [1.82, 2.24) is 4.57 Å². The molecule has 0 atom stereocenters. The van der Waals surface area contributed by atoms with Crippen LogP contribution in [0.4, 0.5) is 17.6 Å². The molecule has 0 N–H and O–H groups in total. The summed E-state index contributed by atoms with van der Waals surface area (Å²) >= 11 is 0. The standard InChI is InChI=1S/C22H19F4NO2/c1-12(2)27-11-17(13(3)28)21(29)16-10-19(23)15(9-20(16)27)8-14-6-4-5-7-18(14)22(24,25)26/h4-7,9-12H,8H2,1-3H3. The second kappa shape index (κ2) is 7.46. The summed E-state index contributed by atoms with van der Waals surface area (Å²) < 4.78 is 56.3. The average Bonchev–Trinajstić information content (AvgIpc) is 2.62. The van der Waals surface area contributed by atoms with Crippen LogP contribution in [-0.2, 0) is 12.6 Å². The van der Waals surface area contributed by atoms with Gasteiger partial charge in [-0.1, -0.05) is 18.2 Å². The minimum absolute atomic E-state index is 0.0248. The van der Waals surface area contributed by atoms with Crippen molar-refractivity contribution in [3.63, 3.8) is 0 Å². The van der Waals surface area contributed by atoms with Gasteiger partial charge in [-0.2, -0.15) is 13.2 Å². The fourth-order valence-electron chi connectivity index (χ4n) is 3.38. The molecule has 0 saturated carbocycles. The Balaban J connectivity index is 2.24. The fraction of sp³-hybridized carbons (Fsp3) is 0.273. The Labute approximate surface area is 164 Å². The first-order chi connectivity index (χ1) is 13.5. The Morgan fingerprint density at radius 2 is 1.76 bits per heavy atom. The van der Waals surface area contributed by atoms with Crippen LogP contribution in [0.5, 0.6) is 0 Å². The first-order valence-electron chi connectivity index (χ1n) is 9.04. The third-order valence-electron chi connectivity index (χ3n) is 4.84. The lowest BCUT2D eigenvalue weighted by Crippen LogP contribution is -2.19. The van der Waals surface area contributed by atoms with Crippen molar-refractivity contribution in [3.05, 3.63) is 80.9 Å². The Bertz CT molecular complexity index is 1160. The van der Waals surface area contributed by atoms with Crippen LogP contribution in [0.2, 0.25) is 0 Å². The number of hydrogen-bond acceptors (Lipinski definition) is 2. The van der Waals surface area contributed by atoms with E-state index in [4.69, 9.17) is 0 Å². The van der Waals surface area contributed by atoms with Crippen molar-refractivity contribution < 1.29 is 22.4 Å². The summed E-state index contributed by atoms with van der Waals surface area (Å²) in [7, 11) is 0. The van der Waals surface area contributed by atoms with E-state index >= 15 is 0 Å². The number of ketones is 1. The van der Waals surface area contributed by atoms with Crippen molar-refractivity contribution >= 4 is 16.7 Å². The van der Waals surface area contributed by atoms with Crippen LogP contribution in [-0.4, -0.2) is 10.4 Å². The minimum Gasteiger partial charge on any atom is -0.344 e. The number of hydrogen-bond donors (Lipinski definition) is 0. The molecule has 0 saturated heterocycles. The summed E-state index contributed by atoms with van der Waals surface area (Å²) in [6.45, 7) is 4.91. The average molecular weight is 405 g/mol. The molecule has 152 valence electrons. The molecule has 0 amide bonds. The first kappa shape index (κ1) is 20.8. The summed E-state index contributed by atoms with van der Waals surface area (Å²) in [4.78, 5) is 24.4. The number of alkyl halides is 3. The van der Waals surface area contributed by atoms with Gasteiger partial charge in [0, 0.05) is 24.0 Å². The zero-order chi connectivity index (χ0) is 21.5. The highest BCUT2D eigenvalue weighted by atomic mass is 19.4. The van der Waals surface area contributed by atoms with Gasteiger partial charge in [0.15, 0.2) is 11.2 Å². The van der Waals surface area contributed by atoms with E-state index in [1.54, 1.807) is 4.57 Å². The van der Waals surface area contributed by atoms with Crippen molar-refractivity contribution in [2.45, 2.75) is 39.4 Å². The predicted octanol–water partition coefficient (Wildman–Crippen LogP) is 5.53. The van der Waals surface area contributed by atoms with E-state index in [2.05, 4.69) is 0 Å². The Hall–Kier alpha value is -2.96. The van der Waals surface area contributed by atoms with Crippen LogP contribution in [0.25, 0.3) is 10.9 Å². The van der Waals surface area contributed by atoms with Crippen LogP contribution < -0.4 is 5.43 Å². The van der Waals surface area contributed by atoms with E-state index in [1.807, 2.05) is 13.8 Å². The second-order valence-electron chi connectivity index (χ2n) is 7.22. The van der Waals surface area contributed by atoms with Gasteiger partial charge in [-0.15, -0.1) is 0 Å². The van der Waals surface area contributed by atoms with E-state index in [9.17, 15) is 27.2 Å². The smallest absolute Gasteiger partial charge is 0.344 e. The van der Waals surface area contributed by atoms with Gasteiger partial charge in [0.1, 0.15) is 5.82 Å². The van der Waals surface area contributed by atoms with Gasteiger partial charge in [0.2, 0.25) is 0 Å². The molecule has 29 heavy (non-hydrogen) atoms. The number of benzene rings is 2. The van der Waals surface area contributed by atoms with Crippen molar-refractivity contribution in [1.29, 1.82) is 0 Å². The number of aromatic nitrogens is 1. The number of rotatable bonds is 4. The lowest BCUT2D eigenvalue weighted by molar-refractivity contribution is -0.138. The molecule has 0 fully saturated rings. The monoisotopic (exact) mass is 405 g/mol. The SMILES string of the molecule is CC(=O)c1cn(C(C)C)c2cc(Cc3ccccc3C(F)(F)F)c(F)cc2c1=O. The van der Waals surface area contributed by atoms with Gasteiger partial charge in [0.05, 0.1) is 16.6 Å². The van der Waals surface area contributed by atoms with Gasteiger partial charge < -0.3 is 4.57 Å². The summed E-state index contributed by atoms with van der Waals surface area (Å²) in [5.74, 6) is -1.22. The third kappa shape index (κ3) is 3.95. The topological polar surface area (TPSA) is 39.1 Å². The molecule has 0 aliphatic heterocycles. The van der Waals surface area contributed by atoms with Gasteiger partial charge >= 0.3 is 6.18 Å². The van der Waals surface area contributed by atoms with E-state index in [0.717, 1.165) is 12.1 Å². The number of nitrogens with zero attached hydrogens (tertiary/aromatic N) is 1. The minimum atomic E-state index is -4.56.